The van der Waals surface area contributed by atoms with E-state index in [9.17, 15) is 4.79 Å². The summed E-state index contributed by atoms with van der Waals surface area (Å²) in [6.07, 6.45) is 6.91. The van der Waals surface area contributed by atoms with Gasteiger partial charge >= 0.3 is 0 Å². The number of carbonyl (C=O) groups excluding carboxylic acids is 1. The average molecular weight is 427 g/mol. The van der Waals surface area contributed by atoms with E-state index in [1.807, 2.05) is 44.2 Å². The van der Waals surface area contributed by atoms with Crippen LogP contribution in [0, 0.1) is 40.4 Å². The Morgan fingerprint density at radius 1 is 0.839 bits per heavy atom. The summed E-state index contributed by atoms with van der Waals surface area (Å²) in [5.74, 6) is 2.31. The summed E-state index contributed by atoms with van der Waals surface area (Å²) in [4.78, 5) is 9.50. The molecule has 3 heteroatoms. The van der Waals surface area contributed by atoms with E-state index in [4.69, 9.17) is 10.2 Å². The Hall–Kier alpha value is -1.77. The lowest BCUT2D eigenvalue weighted by atomic mass is 9.48. The molecular formula is C28H46N2O. The molecule has 0 aliphatic heterocycles. The fourth-order valence-electron chi connectivity index (χ4n) is 5.41. The Bertz CT molecular complexity index is 698. The molecule has 0 N–H and O–H groups in total. The first-order valence-electron chi connectivity index (χ1n) is 12.1. The zero-order valence-electron chi connectivity index (χ0n) is 21.6. The van der Waals surface area contributed by atoms with E-state index in [-0.39, 0.29) is 22.8 Å². The summed E-state index contributed by atoms with van der Waals surface area (Å²) in [6.45, 7) is 22.6. The molecule has 1 atom stereocenters. The number of nitrogens with zero attached hydrogens (tertiary/aromatic N) is 2. The normalized spacial score (nSPS) is 20.0. The lowest BCUT2D eigenvalue weighted by Gasteiger charge is -2.57. The van der Waals surface area contributed by atoms with Crippen LogP contribution in [0.5, 0.6) is 0 Å². The van der Waals surface area contributed by atoms with Gasteiger partial charge in [-0.05, 0) is 42.2 Å². The highest BCUT2D eigenvalue weighted by Crippen LogP contribution is 2.58. The van der Waals surface area contributed by atoms with Crippen LogP contribution < -0.4 is 0 Å². The number of allylic oxidation sites excluding steroid dienone is 1. The second kappa shape index (κ2) is 11.7. The largest absolute Gasteiger partial charge is 0.303 e. The Morgan fingerprint density at radius 3 is 1.71 bits per heavy atom. The summed E-state index contributed by atoms with van der Waals surface area (Å²) >= 11 is 0. The molecule has 1 unspecified atom stereocenters. The summed E-state index contributed by atoms with van der Waals surface area (Å²) in [5.41, 5.74) is 1.11. The predicted octanol–water partition coefficient (Wildman–Crippen LogP) is 8.54. The summed E-state index contributed by atoms with van der Waals surface area (Å²) in [5, 5.41) is 9.86. The Morgan fingerprint density at radius 2 is 1.32 bits per heavy atom. The zero-order valence-corrected chi connectivity index (χ0v) is 21.6. The van der Waals surface area contributed by atoms with Gasteiger partial charge in [0.2, 0.25) is 0 Å². The van der Waals surface area contributed by atoms with E-state index in [0.29, 0.717) is 23.7 Å². The fraction of sp³-hybridized carbons (Fsp3) is 0.679. The highest BCUT2D eigenvalue weighted by atomic mass is 16.1. The van der Waals surface area contributed by atoms with Crippen molar-refractivity contribution in [2.24, 2.45) is 50.6 Å². The summed E-state index contributed by atoms with van der Waals surface area (Å²) < 4.78 is 0. The van der Waals surface area contributed by atoms with Gasteiger partial charge in [-0.15, -0.1) is 0 Å². The first-order valence-corrected chi connectivity index (χ1v) is 12.1. The molecule has 1 aromatic rings. The SMILES string of the molecule is CC(C)C1(C(C)C)C=CCC(C(C)C)(C(C)C)C1N=Nc1ccccc1.CC(C)C=O. The maximum atomic E-state index is 9.50. The quantitative estimate of drug-likeness (QED) is 0.245. The van der Waals surface area contributed by atoms with E-state index < -0.39 is 0 Å². The minimum atomic E-state index is 0.0328. The van der Waals surface area contributed by atoms with Gasteiger partial charge in [0, 0.05) is 16.7 Å². The smallest absolute Gasteiger partial charge is 0.122 e. The first-order chi connectivity index (χ1) is 14.5. The lowest BCUT2D eigenvalue weighted by Crippen LogP contribution is -2.57. The topological polar surface area (TPSA) is 41.8 Å². The number of benzene rings is 1. The molecule has 31 heavy (non-hydrogen) atoms. The van der Waals surface area contributed by atoms with Crippen LogP contribution in [0.3, 0.4) is 0 Å². The van der Waals surface area contributed by atoms with Crippen LogP contribution >= 0.6 is 0 Å². The maximum Gasteiger partial charge on any atom is 0.122 e. The average Bonchev–Trinajstić information content (AvgIpc) is 2.72. The number of hydrogen-bond donors (Lipinski definition) is 0. The van der Waals surface area contributed by atoms with Gasteiger partial charge in [-0.1, -0.05) is 99.6 Å². The molecule has 0 spiro atoms. The van der Waals surface area contributed by atoms with Crippen LogP contribution in [0.4, 0.5) is 5.69 Å². The van der Waals surface area contributed by atoms with Crippen LogP contribution in [0.1, 0.15) is 75.7 Å². The third-order valence-corrected chi connectivity index (χ3v) is 7.33. The molecule has 0 aromatic heterocycles. The van der Waals surface area contributed by atoms with Crippen molar-refractivity contribution in [1.29, 1.82) is 0 Å². The van der Waals surface area contributed by atoms with Crippen LogP contribution in [-0.2, 0) is 4.79 Å². The molecule has 1 aromatic carbocycles. The third kappa shape index (κ3) is 5.93. The Balaban J connectivity index is 0.000000861. The second-order valence-corrected chi connectivity index (χ2v) is 10.7. The summed E-state index contributed by atoms with van der Waals surface area (Å²) in [6, 6.07) is 10.4. The molecule has 0 saturated carbocycles. The fourth-order valence-corrected chi connectivity index (χ4v) is 5.41. The second-order valence-electron chi connectivity index (χ2n) is 10.7. The molecule has 0 saturated heterocycles. The molecule has 0 heterocycles. The van der Waals surface area contributed by atoms with Crippen molar-refractivity contribution < 1.29 is 4.79 Å². The molecule has 0 bridgehead atoms. The van der Waals surface area contributed by atoms with Crippen LogP contribution in [0.15, 0.2) is 52.7 Å². The van der Waals surface area contributed by atoms with Crippen molar-refractivity contribution in [2.45, 2.75) is 81.7 Å². The van der Waals surface area contributed by atoms with Gasteiger partial charge in [0.15, 0.2) is 0 Å². The van der Waals surface area contributed by atoms with Crippen molar-refractivity contribution in [3.8, 4) is 0 Å². The minimum Gasteiger partial charge on any atom is -0.303 e. The molecule has 0 fully saturated rings. The molecule has 1 aliphatic carbocycles. The van der Waals surface area contributed by atoms with Crippen molar-refractivity contribution in [3.05, 3.63) is 42.5 Å². The Labute approximate surface area is 191 Å². The third-order valence-electron chi connectivity index (χ3n) is 7.33. The number of rotatable bonds is 7. The number of hydrogen-bond acceptors (Lipinski definition) is 3. The molecule has 3 nitrogen and oxygen atoms in total. The monoisotopic (exact) mass is 426 g/mol. The van der Waals surface area contributed by atoms with Crippen molar-refractivity contribution in [2.75, 3.05) is 0 Å². The Kier molecular flexibility index (Phi) is 10.3. The zero-order chi connectivity index (χ0) is 23.8. The standard InChI is InChI=1S/C24H38N2.C4H8O/c1-17(2)23(18(3)4)15-12-16-24(19(5)6,20(7)8)22(23)26-25-21-13-10-9-11-14-21;1-4(2)3-5/h9-15,17-20,22H,16H2,1-8H3;3-4H,1-2H3. The van der Waals surface area contributed by atoms with Crippen molar-refractivity contribution in [3.63, 3.8) is 0 Å². The van der Waals surface area contributed by atoms with Crippen molar-refractivity contribution >= 4 is 12.0 Å². The van der Waals surface area contributed by atoms with Gasteiger partial charge in [0.1, 0.15) is 6.29 Å². The molecule has 1 aliphatic rings. The molecule has 2 rings (SSSR count). The van der Waals surface area contributed by atoms with Gasteiger partial charge in [-0.3, -0.25) is 0 Å². The number of carbonyl (C=O) groups is 1. The van der Waals surface area contributed by atoms with Crippen molar-refractivity contribution in [1.82, 2.24) is 0 Å². The maximum absolute atomic E-state index is 9.50. The highest BCUT2D eigenvalue weighted by molar-refractivity contribution is 5.51. The lowest BCUT2D eigenvalue weighted by molar-refractivity contribution is -0.110. The number of azo groups is 1. The molecule has 0 amide bonds. The van der Waals surface area contributed by atoms with E-state index in [0.717, 1.165) is 18.4 Å². The highest BCUT2D eigenvalue weighted by Gasteiger charge is 2.57. The number of aldehydes is 1. The van der Waals surface area contributed by atoms with E-state index >= 15 is 0 Å². The van der Waals surface area contributed by atoms with Crippen LogP contribution in [-0.4, -0.2) is 12.3 Å². The minimum absolute atomic E-state index is 0.0328. The van der Waals surface area contributed by atoms with E-state index in [2.05, 4.69) is 67.5 Å². The first kappa shape index (κ1) is 27.3. The van der Waals surface area contributed by atoms with Gasteiger partial charge in [-0.2, -0.15) is 10.2 Å². The van der Waals surface area contributed by atoms with Gasteiger partial charge in [-0.25, -0.2) is 0 Å². The predicted molar refractivity (Wildman–Crippen MR) is 134 cm³/mol. The van der Waals surface area contributed by atoms with Crippen LogP contribution in [0.25, 0.3) is 0 Å². The van der Waals surface area contributed by atoms with Gasteiger partial charge in [0.05, 0.1) is 11.7 Å². The van der Waals surface area contributed by atoms with Gasteiger partial charge < -0.3 is 4.79 Å². The van der Waals surface area contributed by atoms with Crippen LogP contribution in [0.2, 0.25) is 0 Å². The molecule has 174 valence electrons. The van der Waals surface area contributed by atoms with E-state index in [1.54, 1.807) is 0 Å². The summed E-state index contributed by atoms with van der Waals surface area (Å²) in [7, 11) is 0. The molecule has 0 radical (unpaired) electrons. The molecular weight excluding hydrogens is 380 g/mol. The van der Waals surface area contributed by atoms with Gasteiger partial charge in [0.25, 0.3) is 0 Å². The van der Waals surface area contributed by atoms with E-state index in [1.165, 1.54) is 0 Å².